The number of hydrogen-bond acceptors (Lipinski definition) is 6. The molecule has 0 spiro atoms. The van der Waals surface area contributed by atoms with Gasteiger partial charge in [0.15, 0.2) is 5.82 Å². The number of rotatable bonds is 4. The summed E-state index contributed by atoms with van der Waals surface area (Å²) in [6.45, 7) is 3.99. The summed E-state index contributed by atoms with van der Waals surface area (Å²) in [5, 5.41) is 8.68. The Morgan fingerprint density at radius 2 is 1.64 bits per heavy atom. The Bertz CT molecular complexity index is 1030. The van der Waals surface area contributed by atoms with E-state index in [2.05, 4.69) is 20.1 Å². The monoisotopic (exact) mass is 395 g/mol. The van der Waals surface area contributed by atoms with Crippen molar-refractivity contribution in [2.24, 2.45) is 0 Å². The van der Waals surface area contributed by atoms with Crippen LogP contribution in [0.2, 0.25) is 0 Å². The maximum atomic E-state index is 12.7. The first-order valence-electron chi connectivity index (χ1n) is 9.10. The smallest absolute Gasteiger partial charge is 0.244 e. The first kappa shape index (κ1) is 18.5. The Labute approximate surface area is 164 Å². The molecule has 28 heavy (non-hydrogen) atoms. The molecule has 1 aliphatic heterocycles. The highest BCUT2D eigenvalue weighted by Gasteiger charge is 2.29. The maximum Gasteiger partial charge on any atom is 0.244 e. The third kappa shape index (κ3) is 3.74. The molecular weight excluding hydrogens is 374 g/mol. The zero-order chi connectivity index (χ0) is 19.6. The zero-order valence-electron chi connectivity index (χ0n) is 15.6. The van der Waals surface area contributed by atoms with Crippen LogP contribution in [0.4, 0.5) is 5.82 Å². The van der Waals surface area contributed by atoms with Crippen molar-refractivity contribution in [2.75, 3.05) is 31.1 Å². The van der Waals surface area contributed by atoms with E-state index in [4.69, 9.17) is 0 Å². The quantitative estimate of drug-likeness (QED) is 0.675. The minimum absolute atomic E-state index is 0.227. The number of hydrogen-bond donors (Lipinski definition) is 0. The van der Waals surface area contributed by atoms with Crippen LogP contribution in [0, 0.1) is 6.92 Å². The second kappa shape index (κ2) is 7.65. The molecule has 144 valence electrons. The second-order valence-corrected chi connectivity index (χ2v) is 8.66. The van der Waals surface area contributed by atoms with Crippen molar-refractivity contribution in [1.29, 1.82) is 0 Å². The summed E-state index contributed by atoms with van der Waals surface area (Å²) in [5.41, 5.74) is 3.05. The van der Waals surface area contributed by atoms with Crippen LogP contribution in [0.25, 0.3) is 11.3 Å². The largest absolute Gasteiger partial charge is 0.352 e. The Morgan fingerprint density at radius 3 is 2.25 bits per heavy atom. The van der Waals surface area contributed by atoms with E-state index in [9.17, 15) is 8.42 Å². The number of benzene rings is 1. The van der Waals surface area contributed by atoms with Gasteiger partial charge in [0, 0.05) is 44.1 Å². The number of nitrogens with zero attached hydrogens (tertiary/aromatic N) is 5. The van der Waals surface area contributed by atoms with E-state index in [1.807, 2.05) is 43.3 Å². The number of anilines is 1. The minimum Gasteiger partial charge on any atom is -0.352 e. The van der Waals surface area contributed by atoms with Crippen molar-refractivity contribution in [3.05, 3.63) is 66.5 Å². The van der Waals surface area contributed by atoms with Gasteiger partial charge in [0.1, 0.15) is 4.90 Å². The number of pyridine rings is 1. The molecule has 3 aromatic rings. The van der Waals surface area contributed by atoms with E-state index in [1.54, 1.807) is 18.3 Å². The number of aromatic nitrogens is 3. The fraction of sp³-hybridized carbons (Fsp3) is 0.250. The molecule has 1 aromatic carbocycles. The van der Waals surface area contributed by atoms with Crippen LogP contribution in [-0.4, -0.2) is 54.1 Å². The molecule has 0 amide bonds. The molecule has 0 atom stereocenters. The number of aryl methyl sites for hydroxylation is 1. The average Bonchev–Trinajstić information content (AvgIpc) is 2.75. The molecule has 0 saturated carbocycles. The van der Waals surface area contributed by atoms with Crippen LogP contribution in [0.3, 0.4) is 0 Å². The van der Waals surface area contributed by atoms with Gasteiger partial charge in [-0.25, -0.2) is 8.42 Å². The predicted octanol–water partition coefficient (Wildman–Crippen LogP) is 2.36. The van der Waals surface area contributed by atoms with Crippen LogP contribution >= 0.6 is 0 Å². The Hall–Kier alpha value is -2.84. The highest BCUT2D eigenvalue weighted by molar-refractivity contribution is 7.89. The van der Waals surface area contributed by atoms with Gasteiger partial charge in [0.05, 0.1) is 5.69 Å². The van der Waals surface area contributed by atoms with Crippen molar-refractivity contribution in [2.45, 2.75) is 11.8 Å². The number of piperazine rings is 1. The lowest BCUT2D eigenvalue weighted by Crippen LogP contribution is -2.49. The van der Waals surface area contributed by atoms with Crippen molar-refractivity contribution in [1.82, 2.24) is 19.5 Å². The van der Waals surface area contributed by atoms with Gasteiger partial charge >= 0.3 is 0 Å². The normalized spacial score (nSPS) is 15.5. The van der Waals surface area contributed by atoms with Gasteiger partial charge in [0.25, 0.3) is 0 Å². The Balaban J connectivity index is 1.43. The Kier molecular flexibility index (Phi) is 5.06. The molecule has 8 heteroatoms. The van der Waals surface area contributed by atoms with E-state index < -0.39 is 10.0 Å². The summed E-state index contributed by atoms with van der Waals surface area (Å²) >= 11 is 0. The lowest BCUT2D eigenvalue weighted by atomic mass is 10.1. The van der Waals surface area contributed by atoms with Crippen molar-refractivity contribution < 1.29 is 8.42 Å². The van der Waals surface area contributed by atoms with Gasteiger partial charge in [-0.1, -0.05) is 29.8 Å². The molecule has 0 aliphatic carbocycles. The summed E-state index contributed by atoms with van der Waals surface area (Å²) < 4.78 is 26.9. The van der Waals surface area contributed by atoms with E-state index in [1.165, 1.54) is 16.1 Å². The molecule has 0 unspecified atom stereocenters. The highest BCUT2D eigenvalue weighted by atomic mass is 32.2. The third-order valence-electron chi connectivity index (χ3n) is 4.83. The fourth-order valence-corrected chi connectivity index (χ4v) is 4.57. The van der Waals surface area contributed by atoms with Gasteiger partial charge in [0.2, 0.25) is 10.0 Å². The third-order valence-corrected chi connectivity index (χ3v) is 6.71. The van der Waals surface area contributed by atoms with Crippen molar-refractivity contribution in [3.63, 3.8) is 0 Å². The first-order chi connectivity index (χ1) is 13.5. The number of sulfonamides is 1. The fourth-order valence-electron chi connectivity index (χ4n) is 3.18. The topological polar surface area (TPSA) is 79.3 Å². The van der Waals surface area contributed by atoms with E-state index in [0.29, 0.717) is 26.2 Å². The summed E-state index contributed by atoms with van der Waals surface area (Å²) in [4.78, 5) is 6.20. The van der Waals surface area contributed by atoms with Gasteiger partial charge in [-0.3, -0.25) is 4.98 Å². The average molecular weight is 395 g/mol. The molecule has 1 aliphatic rings. The van der Waals surface area contributed by atoms with Crippen LogP contribution < -0.4 is 4.90 Å². The van der Waals surface area contributed by atoms with Gasteiger partial charge in [-0.15, -0.1) is 10.2 Å². The summed E-state index contributed by atoms with van der Waals surface area (Å²) in [5.74, 6) is 0.759. The lowest BCUT2D eigenvalue weighted by Gasteiger charge is -2.34. The van der Waals surface area contributed by atoms with Gasteiger partial charge in [-0.2, -0.15) is 4.31 Å². The highest BCUT2D eigenvalue weighted by Crippen LogP contribution is 2.21. The summed E-state index contributed by atoms with van der Waals surface area (Å²) in [6.07, 6.45) is 2.95. The Morgan fingerprint density at radius 1 is 0.893 bits per heavy atom. The molecule has 0 N–H and O–H groups in total. The minimum atomic E-state index is -3.51. The zero-order valence-corrected chi connectivity index (χ0v) is 16.4. The molecule has 1 saturated heterocycles. The van der Waals surface area contributed by atoms with Gasteiger partial charge < -0.3 is 4.90 Å². The van der Waals surface area contributed by atoms with Gasteiger partial charge in [-0.05, 0) is 31.2 Å². The lowest BCUT2D eigenvalue weighted by molar-refractivity contribution is 0.383. The molecule has 0 radical (unpaired) electrons. The van der Waals surface area contributed by atoms with E-state index in [-0.39, 0.29) is 4.90 Å². The molecule has 2 aromatic heterocycles. The predicted molar refractivity (Wildman–Crippen MR) is 107 cm³/mol. The van der Waals surface area contributed by atoms with E-state index >= 15 is 0 Å². The standard InChI is InChI=1S/C20H21N5O2S/c1-16-4-6-17(7-5-16)19-8-9-20(23-22-19)24-11-13-25(14-12-24)28(26,27)18-3-2-10-21-15-18/h2-10,15H,11-14H2,1H3. The first-order valence-corrected chi connectivity index (χ1v) is 10.5. The van der Waals surface area contributed by atoms with Crippen LogP contribution in [0.15, 0.2) is 65.8 Å². The molecule has 7 nitrogen and oxygen atoms in total. The van der Waals surface area contributed by atoms with Crippen molar-refractivity contribution in [3.8, 4) is 11.3 Å². The SMILES string of the molecule is Cc1ccc(-c2ccc(N3CCN(S(=O)(=O)c4cccnc4)CC3)nn2)cc1. The van der Waals surface area contributed by atoms with Crippen LogP contribution in [0.1, 0.15) is 5.56 Å². The molecule has 1 fully saturated rings. The molecule has 0 bridgehead atoms. The van der Waals surface area contributed by atoms with Crippen LogP contribution in [0.5, 0.6) is 0 Å². The maximum absolute atomic E-state index is 12.7. The summed E-state index contributed by atoms with van der Waals surface area (Å²) in [7, 11) is -3.51. The molecule has 3 heterocycles. The molecular formula is C20H21N5O2S. The van der Waals surface area contributed by atoms with E-state index in [0.717, 1.165) is 17.1 Å². The van der Waals surface area contributed by atoms with Crippen molar-refractivity contribution >= 4 is 15.8 Å². The second-order valence-electron chi connectivity index (χ2n) is 6.72. The summed E-state index contributed by atoms with van der Waals surface area (Å²) in [6, 6.07) is 15.2. The molecule has 4 rings (SSSR count). The van der Waals surface area contributed by atoms with Crippen LogP contribution in [-0.2, 0) is 10.0 Å².